The predicted molar refractivity (Wildman–Crippen MR) is 72.7 cm³/mol. The van der Waals surface area contributed by atoms with Crippen LogP contribution in [0.2, 0.25) is 0 Å². The molecule has 0 amide bonds. The summed E-state index contributed by atoms with van der Waals surface area (Å²) in [7, 11) is 0. The molecule has 1 heterocycles. The van der Waals surface area contributed by atoms with Crippen LogP contribution in [0.1, 0.15) is 19.2 Å². The molecule has 1 unspecified atom stereocenters. The molecular formula is C13H14N2O3S. The lowest BCUT2D eigenvalue weighted by molar-refractivity contribution is -0.136. The number of hydrogen-bond donors (Lipinski definition) is 1. The first-order chi connectivity index (χ1) is 9.15. The van der Waals surface area contributed by atoms with E-state index in [-0.39, 0.29) is 11.7 Å². The van der Waals surface area contributed by atoms with Gasteiger partial charge in [0.25, 0.3) is 5.89 Å². The molecule has 0 bridgehead atoms. The van der Waals surface area contributed by atoms with Crippen LogP contribution in [0.25, 0.3) is 11.5 Å². The van der Waals surface area contributed by atoms with Gasteiger partial charge >= 0.3 is 5.97 Å². The molecule has 0 radical (unpaired) electrons. The quantitative estimate of drug-likeness (QED) is 0.875. The van der Waals surface area contributed by atoms with Crippen molar-refractivity contribution in [3.63, 3.8) is 0 Å². The van der Waals surface area contributed by atoms with Crippen molar-refractivity contribution in [2.24, 2.45) is 0 Å². The molecule has 0 saturated heterocycles. The highest BCUT2D eigenvalue weighted by Crippen LogP contribution is 2.21. The Hall–Kier alpha value is -1.82. The predicted octanol–water partition coefficient (Wildman–Crippen LogP) is 2.83. The smallest absolute Gasteiger partial charge is 0.304 e. The molecule has 19 heavy (non-hydrogen) atoms. The average Bonchev–Trinajstić information content (AvgIpc) is 2.85. The lowest BCUT2D eigenvalue weighted by Crippen LogP contribution is -2.06. The Balaban J connectivity index is 1.93. The Bertz CT molecular complexity index is 542. The van der Waals surface area contributed by atoms with Crippen molar-refractivity contribution < 1.29 is 14.4 Å². The largest absolute Gasteiger partial charge is 0.481 e. The molecule has 0 saturated carbocycles. The van der Waals surface area contributed by atoms with Crippen LogP contribution in [-0.4, -0.2) is 26.5 Å². The van der Waals surface area contributed by atoms with Gasteiger partial charge in [0, 0.05) is 10.8 Å². The average molecular weight is 278 g/mol. The molecule has 5 nitrogen and oxygen atoms in total. The third-order valence-electron chi connectivity index (χ3n) is 2.45. The number of carboxylic acids is 1. The van der Waals surface area contributed by atoms with E-state index in [0.29, 0.717) is 17.5 Å². The third kappa shape index (κ3) is 4.10. The summed E-state index contributed by atoms with van der Waals surface area (Å²) in [6.45, 7) is 1.87. The summed E-state index contributed by atoms with van der Waals surface area (Å²) in [5, 5.41) is 12.6. The van der Waals surface area contributed by atoms with Crippen molar-refractivity contribution in [2.45, 2.75) is 24.3 Å². The molecule has 0 aliphatic rings. The number of carbonyl (C=O) groups is 1. The lowest BCUT2D eigenvalue weighted by atomic mass is 10.2. The molecule has 0 aliphatic carbocycles. The van der Waals surface area contributed by atoms with Gasteiger partial charge in [0.2, 0.25) is 0 Å². The van der Waals surface area contributed by atoms with Crippen LogP contribution in [-0.2, 0) is 10.5 Å². The maximum atomic E-state index is 10.5. The highest BCUT2D eigenvalue weighted by molar-refractivity contribution is 7.99. The van der Waals surface area contributed by atoms with E-state index < -0.39 is 5.97 Å². The van der Waals surface area contributed by atoms with Gasteiger partial charge in [0.1, 0.15) is 0 Å². The molecule has 6 heteroatoms. The van der Waals surface area contributed by atoms with Crippen LogP contribution in [0.15, 0.2) is 34.9 Å². The second-order valence-corrected chi connectivity index (χ2v) is 5.53. The molecule has 0 fully saturated rings. The maximum Gasteiger partial charge on any atom is 0.304 e. The van der Waals surface area contributed by atoms with Crippen molar-refractivity contribution in [3.05, 3.63) is 36.2 Å². The molecule has 2 aromatic rings. The van der Waals surface area contributed by atoms with Crippen LogP contribution in [0.5, 0.6) is 0 Å². The molecule has 1 aromatic carbocycles. The van der Waals surface area contributed by atoms with Crippen molar-refractivity contribution in [2.75, 3.05) is 0 Å². The first-order valence-electron chi connectivity index (χ1n) is 5.86. The second kappa shape index (κ2) is 6.38. The third-order valence-corrected chi connectivity index (χ3v) is 3.61. The van der Waals surface area contributed by atoms with E-state index in [9.17, 15) is 4.79 Å². The van der Waals surface area contributed by atoms with Gasteiger partial charge in [-0.2, -0.15) is 4.98 Å². The van der Waals surface area contributed by atoms with Gasteiger partial charge in [-0.3, -0.25) is 4.79 Å². The van der Waals surface area contributed by atoms with Crippen LogP contribution in [0.4, 0.5) is 0 Å². The topological polar surface area (TPSA) is 76.2 Å². The molecule has 2 rings (SSSR count). The number of rotatable bonds is 6. The first-order valence-corrected chi connectivity index (χ1v) is 6.91. The zero-order chi connectivity index (χ0) is 13.7. The number of hydrogen-bond acceptors (Lipinski definition) is 5. The SMILES string of the molecule is CC(CC(=O)O)SCc1noc(-c2ccccc2)n1. The molecule has 0 aliphatic heterocycles. The summed E-state index contributed by atoms with van der Waals surface area (Å²) >= 11 is 1.50. The minimum Gasteiger partial charge on any atom is -0.481 e. The molecule has 1 aromatic heterocycles. The van der Waals surface area contributed by atoms with Gasteiger partial charge in [-0.15, -0.1) is 11.8 Å². The number of thioether (sulfide) groups is 1. The summed E-state index contributed by atoms with van der Waals surface area (Å²) < 4.78 is 5.17. The molecule has 0 spiro atoms. The monoisotopic (exact) mass is 278 g/mol. The molecule has 1 atom stereocenters. The van der Waals surface area contributed by atoms with Gasteiger partial charge in [0.05, 0.1) is 12.2 Å². The number of carboxylic acid groups (broad SMARTS) is 1. The van der Waals surface area contributed by atoms with E-state index in [2.05, 4.69) is 10.1 Å². The second-order valence-electron chi connectivity index (χ2n) is 4.10. The Morgan fingerprint density at radius 2 is 2.16 bits per heavy atom. The molecule has 100 valence electrons. The number of aliphatic carboxylic acids is 1. The van der Waals surface area contributed by atoms with Gasteiger partial charge in [0.15, 0.2) is 5.82 Å². The summed E-state index contributed by atoms with van der Waals surface area (Å²) in [6, 6.07) is 9.53. The summed E-state index contributed by atoms with van der Waals surface area (Å²) in [6.07, 6.45) is 0.133. The van der Waals surface area contributed by atoms with Crippen LogP contribution < -0.4 is 0 Å². The minimum absolute atomic E-state index is 0.0242. The van der Waals surface area contributed by atoms with Crippen LogP contribution in [0, 0.1) is 0 Å². The van der Waals surface area contributed by atoms with Crippen LogP contribution in [0.3, 0.4) is 0 Å². The minimum atomic E-state index is -0.793. The van der Waals surface area contributed by atoms with Gasteiger partial charge in [-0.25, -0.2) is 0 Å². The maximum absolute atomic E-state index is 10.5. The van der Waals surface area contributed by atoms with E-state index in [1.54, 1.807) is 0 Å². The van der Waals surface area contributed by atoms with E-state index in [4.69, 9.17) is 9.63 Å². The fourth-order valence-corrected chi connectivity index (χ4v) is 2.34. The summed E-state index contributed by atoms with van der Waals surface area (Å²) in [5.74, 6) is 0.825. The van der Waals surface area contributed by atoms with Crippen LogP contribution >= 0.6 is 11.8 Å². The van der Waals surface area contributed by atoms with E-state index in [1.807, 2.05) is 37.3 Å². The van der Waals surface area contributed by atoms with Gasteiger partial charge < -0.3 is 9.63 Å². The van der Waals surface area contributed by atoms with Crippen molar-refractivity contribution in [3.8, 4) is 11.5 Å². The number of nitrogens with zero attached hydrogens (tertiary/aromatic N) is 2. The van der Waals surface area contributed by atoms with E-state index in [1.165, 1.54) is 11.8 Å². The fraction of sp³-hybridized carbons (Fsp3) is 0.308. The Labute approximate surface area is 115 Å². The lowest BCUT2D eigenvalue weighted by Gasteiger charge is -2.05. The molecular weight excluding hydrogens is 264 g/mol. The van der Waals surface area contributed by atoms with Gasteiger partial charge in [-0.05, 0) is 12.1 Å². The zero-order valence-electron chi connectivity index (χ0n) is 10.4. The highest BCUT2D eigenvalue weighted by atomic mass is 32.2. The van der Waals surface area contributed by atoms with E-state index in [0.717, 1.165) is 5.56 Å². The normalized spacial score (nSPS) is 12.3. The van der Waals surface area contributed by atoms with E-state index >= 15 is 0 Å². The molecule has 1 N–H and O–H groups in total. The van der Waals surface area contributed by atoms with Crippen molar-refractivity contribution in [1.29, 1.82) is 0 Å². The highest BCUT2D eigenvalue weighted by Gasteiger charge is 2.12. The Morgan fingerprint density at radius 3 is 2.84 bits per heavy atom. The van der Waals surface area contributed by atoms with Gasteiger partial charge in [-0.1, -0.05) is 30.3 Å². The zero-order valence-corrected chi connectivity index (χ0v) is 11.3. The van der Waals surface area contributed by atoms with Crippen molar-refractivity contribution >= 4 is 17.7 Å². The Morgan fingerprint density at radius 1 is 1.42 bits per heavy atom. The summed E-state index contributed by atoms with van der Waals surface area (Å²) in [4.78, 5) is 14.8. The number of benzene rings is 1. The Kier molecular flexibility index (Phi) is 4.57. The number of aromatic nitrogens is 2. The van der Waals surface area contributed by atoms with Crippen molar-refractivity contribution in [1.82, 2.24) is 10.1 Å². The fourth-order valence-electron chi connectivity index (χ4n) is 1.53. The standard InChI is InChI=1S/C13H14N2O3S/c1-9(7-12(16)17)19-8-11-14-13(18-15-11)10-5-3-2-4-6-10/h2-6,9H,7-8H2,1H3,(H,16,17). The summed E-state index contributed by atoms with van der Waals surface area (Å²) in [5.41, 5.74) is 0.879. The first kappa shape index (κ1) is 13.6.